The Hall–Kier alpha value is -1.77. The van der Waals surface area contributed by atoms with Gasteiger partial charge < -0.3 is 19.9 Å². The van der Waals surface area contributed by atoms with Crippen molar-refractivity contribution in [2.24, 2.45) is 0 Å². The second-order valence-corrected chi connectivity index (χ2v) is 4.40. The number of carbonyl (C=O) groups is 4. The van der Waals surface area contributed by atoms with Crippen molar-refractivity contribution in [3.63, 3.8) is 0 Å². The summed E-state index contributed by atoms with van der Waals surface area (Å²) in [6.45, 7) is 3.68. The minimum absolute atomic E-state index is 0.194. The molecule has 0 heterocycles. The number of esters is 1. The lowest BCUT2D eigenvalue weighted by molar-refractivity contribution is -0.160. The fraction of sp³-hybridized carbons (Fsp3) is 0.600. The van der Waals surface area contributed by atoms with E-state index < -0.39 is 35.5 Å². The summed E-state index contributed by atoms with van der Waals surface area (Å²) in [6, 6.07) is -1.20. The molecule has 2 atom stereocenters. The molecule has 108 valence electrons. The molecule has 0 fully saturated rings. The molecule has 9 heteroatoms. The van der Waals surface area contributed by atoms with Gasteiger partial charge in [-0.05, 0) is 11.8 Å². The molecule has 0 aromatic carbocycles. The van der Waals surface area contributed by atoms with Crippen molar-refractivity contribution >= 4 is 34.9 Å². The van der Waals surface area contributed by atoms with E-state index in [1.165, 1.54) is 13.8 Å². The van der Waals surface area contributed by atoms with Crippen LogP contribution in [-0.4, -0.2) is 46.3 Å². The molecule has 0 aliphatic carbocycles. The SMILES string of the molecule is CC(=O)N[C@@H](CSC(=O)O[C@@H](C)OC(C)=O)C(=O)O. The van der Waals surface area contributed by atoms with Crippen LogP contribution in [0.1, 0.15) is 20.8 Å². The zero-order valence-electron chi connectivity index (χ0n) is 10.7. The molecule has 1 amide bonds. The maximum absolute atomic E-state index is 11.3. The standard InChI is InChI=1S/C10H15NO7S/c1-5(12)11-8(9(14)15)4-19-10(16)18-7(3)17-6(2)13/h7-8H,4H2,1-3H3,(H,11,12)(H,14,15)/t7-,8-/m0/s1. The van der Waals surface area contributed by atoms with E-state index in [1.807, 2.05) is 0 Å². The molecule has 0 spiro atoms. The average Bonchev–Trinajstić information content (AvgIpc) is 2.21. The smallest absolute Gasteiger partial charge is 0.370 e. The van der Waals surface area contributed by atoms with Gasteiger partial charge in [0.15, 0.2) is 0 Å². The Morgan fingerprint density at radius 3 is 2.21 bits per heavy atom. The number of rotatable bonds is 6. The van der Waals surface area contributed by atoms with Crippen molar-refractivity contribution in [1.82, 2.24) is 5.32 Å². The summed E-state index contributed by atoms with van der Waals surface area (Å²) in [7, 11) is 0. The molecule has 2 N–H and O–H groups in total. The van der Waals surface area contributed by atoms with Crippen molar-refractivity contribution in [3.8, 4) is 0 Å². The molecule has 0 unspecified atom stereocenters. The Balaban J connectivity index is 4.14. The molecule has 0 aromatic heterocycles. The number of thioether (sulfide) groups is 1. The van der Waals surface area contributed by atoms with Gasteiger partial charge in [-0.15, -0.1) is 0 Å². The van der Waals surface area contributed by atoms with Gasteiger partial charge in [0.1, 0.15) is 6.04 Å². The summed E-state index contributed by atoms with van der Waals surface area (Å²) in [6.07, 6.45) is -1.05. The van der Waals surface area contributed by atoms with Crippen molar-refractivity contribution in [1.29, 1.82) is 0 Å². The molecule has 0 aliphatic heterocycles. The molecule has 0 aliphatic rings. The summed E-state index contributed by atoms with van der Waals surface area (Å²) in [5.74, 6) is -2.58. The van der Waals surface area contributed by atoms with E-state index in [1.54, 1.807) is 0 Å². The first kappa shape index (κ1) is 17.2. The fourth-order valence-corrected chi connectivity index (χ4v) is 1.73. The highest BCUT2D eigenvalue weighted by Gasteiger charge is 2.21. The highest BCUT2D eigenvalue weighted by molar-refractivity contribution is 8.13. The van der Waals surface area contributed by atoms with E-state index in [-0.39, 0.29) is 5.75 Å². The number of carboxylic acids is 1. The molecule has 0 bridgehead atoms. The van der Waals surface area contributed by atoms with Crippen molar-refractivity contribution in [3.05, 3.63) is 0 Å². The molecular weight excluding hydrogens is 278 g/mol. The number of amides is 1. The van der Waals surface area contributed by atoms with Crippen LogP contribution in [0.2, 0.25) is 0 Å². The third-order valence-electron chi connectivity index (χ3n) is 1.64. The topological polar surface area (TPSA) is 119 Å². The van der Waals surface area contributed by atoms with Gasteiger partial charge in [0.2, 0.25) is 12.2 Å². The summed E-state index contributed by atoms with van der Waals surface area (Å²) >= 11 is 0.562. The normalized spacial score (nSPS) is 13.0. The molecule has 8 nitrogen and oxygen atoms in total. The van der Waals surface area contributed by atoms with Gasteiger partial charge in [-0.25, -0.2) is 9.59 Å². The number of nitrogens with one attached hydrogen (secondary N) is 1. The summed E-state index contributed by atoms with van der Waals surface area (Å²) in [5.41, 5.74) is 0. The third-order valence-corrected chi connectivity index (χ3v) is 2.47. The minimum atomic E-state index is -1.26. The van der Waals surface area contributed by atoms with Gasteiger partial charge in [0, 0.05) is 26.5 Å². The van der Waals surface area contributed by atoms with Gasteiger partial charge in [-0.3, -0.25) is 9.59 Å². The predicted octanol–water partition coefficient (Wildman–Crippen LogP) is 0.355. The lowest BCUT2D eigenvalue weighted by atomic mass is 10.3. The first-order valence-electron chi connectivity index (χ1n) is 5.23. The van der Waals surface area contributed by atoms with Crippen molar-refractivity contribution in [2.75, 3.05) is 5.75 Å². The first-order chi connectivity index (χ1) is 8.72. The van der Waals surface area contributed by atoms with Crippen molar-refractivity contribution < 1.29 is 33.8 Å². The largest absolute Gasteiger partial charge is 0.480 e. The van der Waals surface area contributed by atoms with Gasteiger partial charge in [-0.2, -0.15) is 0 Å². The number of hydrogen-bond donors (Lipinski definition) is 2. The quantitative estimate of drug-likeness (QED) is 0.532. The van der Waals surface area contributed by atoms with Crippen LogP contribution in [0.3, 0.4) is 0 Å². The van der Waals surface area contributed by atoms with Crippen LogP contribution in [-0.2, 0) is 23.9 Å². The van der Waals surface area contributed by atoms with E-state index in [9.17, 15) is 19.2 Å². The van der Waals surface area contributed by atoms with Crippen LogP contribution in [0.4, 0.5) is 4.79 Å². The molecule has 0 aromatic rings. The zero-order chi connectivity index (χ0) is 15.0. The van der Waals surface area contributed by atoms with Gasteiger partial charge in [0.05, 0.1) is 0 Å². The first-order valence-corrected chi connectivity index (χ1v) is 6.21. The van der Waals surface area contributed by atoms with Gasteiger partial charge in [-0.1, -0.05) is 0 Å². The van der Waals surface area contributed by atoms with Gasteiger partial charge in [0.25, 0.3) is 0 Å². The van der Waals surface area contributed by atoms with Crippen LogP contribution in [0.5, 0.6) is 0 Å². The summed E-state index contributed by atoms with van der Waals surface area (Å²) in [5, 5.41) is 10.2. The van der Waals surface area contributed by atoms with E-state index >= 15 is 0 Å². The van der Waals surface area contributed by atoms with E-state index in [0.717, 1.165) is 6.92 Å². The Morgan fingerprint density at radius 2 is 1.79 bits per heavy atom. The van der Waals surface area contributed by atoms with Gasteiger partial charge >= 0.3 is 17.2 Å². The van der Waals surface area contributed by atoms with E-state index in [2.05, 4.69) is 14.8 Å². The molecule has 0 saturated heterocycles. The molecule has 19 heavy (non-hydrogen) atoms. The predicted molar refractivity (Wildman–Crippen MR) is 65.4 cm³/mol. The van der Waals surface area contributed by atoms with Crippen LogP contribution in [0.25, 0.3) is 0 Å². The monoisotopic (exact) mass is 293 g/mol. The van der Waals surface area contributed by atoms with E-state index in [0.29, 0.717) is 11.8 Å². The summed E-state index contributed by atoms with van der Waals surface area (Å²) < 4.78 is 9.23. The number of hydrogen-bond acceptors (Lipinski definition) is 7. The third kappa shape index (κ3) is 8.89. The number of aliphatic carboxylic acids is 1. The second kappa shape index (κ2) is 8.35. The second-order valence-electron chi connectivity index (χ2n) is 3.45. The number of ether oxygens (including phenoxy) is 2. The van der Waals surface area contributed by atoms with E-state index in [4.69, 9.17) is 5.11 Å². The summed E-state index contributed by atoms with van der Waals surface area (Å²) in [4.78, 5) is 43.4. The highest BCUT2D eigenvalue weighted by Crippen LogP contribution is 2.10. The number of carbonyl (C=O) groups excluding carboxylic acids is 3. The minimum Gasteiger partial charge on any atom is -0.480 e. The maximum Gasteiger partial charge on any atom is 0.370 e. The molecule has 0 saturated carbocycles. The zero-order valence-corrected chi connectivity index (χ0v) is 11.5. The Bertz CT molecular complexity index is 371. The van der Waals surface area contributed by atoms with Crippen LogP contribution >= 0.6 is 11.8 Å². The Kier molecular flexibility index (Phi) is 7.57. The lowest BCUT2D eigenvalue weighted by Crippen LogP contribution is -2.41. The maximum atomic E-state index is 11.3. The van der Waals surface area contributed by atoms with Crippen LogP contribution in [0, 0.1) is 0 Å². The molecular formula is C10H15NO7S. The Labute approximate surface area is 113 Å². The lowest BCUT2D eigenvalue weighted by Gasteiger charge is -2.14. The van der Waals surface area contributed by atoms with Crippen LogP contribution in [0.15, 0.2) is 0 Å². The Morgan fingerprint density at radius 1 is 1.21 bits per heavy atom. The molecule has 0 radical (unpaired) electrons. The average molecular weight is 293 g/mol. The number of carboxylic acid groups (broad SMARTS) is 1. The highest BCUT2D eigenvalue weighted by atomic mass is 32.2. The molecule has 0 rings (SSSR count). The fourth-order valence-electron chi connectivity index (χ4n) is 0.999. The van der Waals surface area contributed by atoms with Crippen molar-refractivity contribution in [2.45, 2.75) is 33.1 Å². The van der Waals surface area contributed by atoms with Crippen LogP contribution < -0.4 is 5.32 Å².